The summed E-state index contributed by atoms with van der Waals surface area (Å²) in [4.78, 5) is 27.1. The molecule has 3 aromatic rings. The number of benzene rings is 3. The lowest BCUT2D eigenvalue weighted by Gasteiger charge is -2.40. The van der Waals surface area contributed by atoms with Crippen molar-refractivity contribution >= 4 is 11.8 Å². The second kappa shape index (κ2) is 10.3. The van der Waals surface area contributed by atoms with Gasteiger partial charge in [0, 0.05) is 26.6 Å². The molecule has 2 amide bonds. The minimum absolute atomic E-state index is 0.0217. The van der Waals surface area contributed by atoms with E-state index in [1.165, 1.54) is 0 Å². The first kappa shape index (κ1) is 22.6. The van der Waals surface area contributed by atoms with E-state index in [1.54, 1.807) is 6.92 Å². The molecule has 0 unspecified atom stereocenters. The van der Waals surface area contributed by atoms with Crippen molar-refractivity contribution < 1.29 is 14.3 Å². The van der Waals surface area contributed by atoms with Crippen LogP contribution >= 0.6 is 0 Å². The summed E-state index contributed by atoms with van der Waals surface area (Å²) in [5.74, 6) is 0.928. The number of nitrogens with zero attached hydrogens (tertiary/aromatic N) is 1. The van der Waals surface area contributed by atoms with Gasteiger partial charge in [0.1, 0.15) is 12.4 Å². The largest absolute Gasteiger partial charge is 0.489 e. The highest BCUT2D eigenvalue weighted by Gasteiger charge is 2.43. The number of para-hydroxylation sites is 1. The number of ether oxygens (including phenoxy) is 1. The van der Waals surface area contributed by atoms with Crippen molar-refractivity contribution in [3.05, 3.63) is 102 Å². The second-order valence-corrected chi connectivity index (χ2v) is 8.56. The van der Waals surface area contributed by atoms with Crippen molar-refractivity contribution in [2.45, 2.75) is 38.3 Å². The van der Waals surface area contributed by atoms with Crippen molar-refractivity contribution in [2.75, 3.05) is 13.1 Å². The summed E-state index contributed by atoms with van der Waals surface area (Å²) in [6, 6.07) is 27.8. The third kappa shape index (κ3) is 5.43. The van der Waals surface area contributed by atoms with Crippen LogP contribution in [0.15, 0.2) is 84.9 Å². The molecule has 170 valence electrons. The van der Waals surface area contributed by atoms with Gasteiger partial charge in [-0.15, -0.1) is 0 Å². The zero-order valence-corrected chi connectivity index (χ0v) is 19.0. The monoisotopic (exact) mass is 442 g/mol. The second-order valence-electron chi connectivity index (χ2n) is 8.56. The number of piperidine rings is 1. The Morgan fingerprint density at radius 1 is 0.848 bits per heavy atom. The molecule has 1 fully saturated rings. The van der Waals surface area contributed by atoms with Crippen LogP contribution in [0.4, 0.5) is 0 Å². The van der Waals surface area contributed by atoms with Gasteiger partial charge in [0.2, 0.25) is 11.8 Å². The first-order chi connectivity index (χ1) is 16.1. The predicted octanol–water partition coefficient (Wildman–Crippen LogP) is 4.46. The lowest BCUT2D eigenvalue weighted by molar-refractivity contribution is -0.135. The molecule has 1 heterocycles. The highest BCUT2D eigenvalue weighted by Crippen LogP contribution is 2.36. The molecule has 5 nitrogen and oxygen atoms in total. The van der Waals surface area contributed by atoms with Gasteiger partial charge in [-0.25, -0.2) is 0 Å². The van der Waals surface area contributed by atoms with Crippen LogP contribution in [0.1, 0.15) is 36.5 Å². The highest BCUT2D eigenvalue weighted by atomic mass is 16.5. The van der Waals surface area contributed by atoms with E-state index in [0.29, 0.717) is 39.1 Å². The number of rotatable bonds is 7. The van der Waals surface area contributed by atoms with E-state index in [-0.39, 0.29) is 11.8 Å². The van der Waals surface area contributed by atoms with Gasteiger partial charge in [0.15, 0.2) is 0 Å². The van der Waals surface area contributed by atoms with E-state index in [1.807, 2.05) is 89.8 Å². The Morgan fingerprint density at radius 3 is 2.03 bits per heavy atom. The molecule has 3 aromatic carbocycles. The number of hydrogen-bond donors (Lipinski definition) is 1. The third-order valence-corrected chi connectivity index (χ3v) is 6.45. The van der Waals surface area contributed by atoms with E-state index in [0.717, 1.165) is 22.4 Å². The molecule has 0 aromatic heterocycles. The minimum Gasteiger partial charge on any atom is -0.489 e. The zero-order valence-electron chi connectivity index (χ0n) is 19.0. The van der Waals surface area contributed by atoms with Gasteiger partial charge in [0.05, 0.1) is 5.41 Å². The average molecular weight is 443 g/mol. The Labute approximate surface area is 195 Å². The molecule has 4 rings (SSSR count). The van der Waals surface area contributed by atoms with Gasteiger partial charge in [-0.05, 0) is 41.7 Å². The molecule has 0 radical (unpaired) electrons. The Hall–Kier alpha value is -3.60. The van der Waals surface area contributed by atoms with Crippen LogP contribution in [-0.4, -0.2) is 29.8 Å². The van der Waals surface area contributed by atoms with Gasteiger partial charge >= 0.3 is 0 Å². The molecule has 0 saturated carbocycles. The molecular weight excluding hydrogens is 412 g/mol. The fourth-order valence-corrected chi connectivity index (χ4v) is 4.40. The van der Waals surface area contributed by atoms with Crippen molar-refractivity contribution in [1.29, 1.82) is 0 Å². The Kier molecular flexibility index (Phi) is 7.08. The van der Waals surface area contributed by atoms with E-state index >= 15 is 0 Å². The van der Waals surface area contributed by atoms with Gasteiger partial charge in [-0.2, -0.15) is 0 Å². The van der Waals surface area contributed by atoms with Crippen LogP contribution in [0, 0.1) is 0 Å². The van der Waals surface area contributed by atoms with Crippen LogP contribution in [-0.2, 0) is 28.2 Å². The lowest BCUT2D eigenvalue weighted by atomic mass is 9.72. The summed E-state index contributed by atoms with van der Waals surface area (Å²) in [7, 11) is 0. The summed E-state index contributed by atoms with van der Waals surface area (Å²) in [5.41, 5.74) is 2.51. The lowest BCUT2D eigenvalue weighted by Crippen LogP contribution is -2.52. The van der Waals surface area contributed by atoms with E-state index in [4.69, 9.17) is 4.74 Å². The molecule has 1 N–H and O–H groups in total. The summed E-state index contributed by atoms with van der Waals surface area (Å²) in [5, 5.41) is 3.16. The van der Waals surface area contributed by atoms with Crippen molar-refractivity contribution in [2.24, 2.45) is 0 Å². The standard InChI is InChI=1S/C28H30N2O3/c1-22(31)30-18-16-28(17-19-30,25-8-4-2-5-9-25)27(32)29-20-23-12-14-24(15-13-23)21-33-26-10-6-3-7-11-26/h2-15H,16-21H2,1H3,(H,29,32). The van der Waals surface area contributed by atoms with Crippen LogP contribution in [0.3, 0.4) is 0 Å². The van der Waals surface area contributed by atoms with Gasteiger partial charge < -0.3 is 15.0 Å². The topological polar surface area (TPSA) is 58.6 Å². The molecule has 5 heteroatoms. The number of carbonyl (C=O) groups is 2. The van der Waals surface area contributed by atoms with Crippen LogP contribution in [0.5, 0.6) is 5.75 Å². The Morgan fingerprint density at radius 2 is 1.42 bits per heavy atom. The molecule has 1 aliphatic rings. The molecule has 0 bridgehead atoms. The predicted molar refractivity (Wildman–Crippen MR) is 129 cm³/mol. The maximum atomic E-state index is 13.5. The number of hydrogen-bond acceptors (Lipinski definition) is 3. The van der Waals surface area contributed by atoms with E-state index < -0.39 is 5.41 Å². The molecule has 0 aliphatic carbocycles. The molecule has 1 aliphatic heterocycles. The summed E-state index contributed by atoms with van der Waals surface area (Å²) < 4.78 is 5.80. The zero-order chi connectivity index (χ0) is 23.1. The van der Waals surface area contributed by atoms with Crippen LogP contribution < -0.4 is 10.1 Å². The summed E-state index contributed by atoms with van der Waals surface area (Å²) >= 11 is 0. The maximum absolute atomic E-state index is 13.5. The van der Waals surface area contributed by atoms with Crippen LogP contribution in [0.2, 0.25) is 0 Å². The Balaban J connectivity index is 1.39. The average Bonchev–Trinajstić information content (AvgIpc) is 2.87. The van der Waals surface area contributed by atoms with E-state index in [9.17, 15) is 9.59 Å². The number of nitrogens with one attached hydrogen (secondary N) is 1. The smallest absolute Gasteiger partial charge is 0.231 e. The number of amides is 2. The van der Waals surface area contributed by atoms with Gasteiger partial charge in [-0.3, -0.25) is 9.59 Å². The maximum Gasteiger partial charge on any atom is 0.231 e. The SMILES string of the molecule is CC(=O)N1CCC(C(=O)NCc2ccc(COc3ccccc3)cc2)(c2ccccc2)CC1. The third-order valence-electron chi connectivity index (χ3n) is 6.45. The fourth-order valence-electron chi connectivity index (χ4n) is 4.40. The minimum atomic E-state index is -0.614. The summed E-state index contributed by atoms with van der Waals surface area (Å²) in [6.07, 6.45) is 1.25. The van der Waals surface area contributed by atoms with Crippen molar-refractivity contribution in [3.8, 4) is 5.75 Å². The van der Waals surface area contributed by atoms with E-state index in [2.05, 4.69) is 5.32 Å². The summed E-state index contributed by atoms with van der Waals surface area (Å²) in [6.45, 7) is 3.73. The molecule has 1 saturated heterocycles. The quantitative estimate of drug-likeness (QED) is 0.588. The molecule has 0 spiro atoms. The normalized spacial score (nSPS) is 15.0. The first-order valence-corrected chi connectivity index (χ1v) is 11.4. The Bertz CT molecular complexity index is 1060. The van der Waals surface area contributed by atoms with Gasteiger partial charge in [-0.1, -0.05) is 72.8 Å². The van der Waals surface area contributed by atoms with Gasteiger partial charge in [0.25, 0.3) is 0 Å². The van der Waals surface area contributed by atoms with Crippen molar-refractivity contribution in [3.63, 3.8) is 0 Å². The number of likely N-dealkylation sites (tertiary alicyclic amines) is 1. The molecule has 0 atom stereocenters. The first-order valence-electron chi connectivity index (χ1n) is 11.4. The molecular formula is C28H30N2O3. The highest BCUT2D eigenvalue weighted by molar-refractivity contribution is 5.88. The number of carbonyl (C=O) groups excluding carboxylic acids is 2. The fraction of sp³-hybridized carbons (Fsp3) is 0.286. The van der Waals surface area contributed by atoms with Crippen LogP contribution in [0.25, 0.3) is 0 Å². The van der Waals surface area contributed by atoms with Crippen molar-refractivity contribution in [1.82, 2.24) is 10.2 Å². The molecule has 33 heavy (non-hydrogen) atoms.